The average molecular weight is 399 g/mol. The van der Waals surface area contributed by atoms with Gasteiger partial charge in [0.15, 0.2) is 0 Å². The second-order valence-electron chi connectivity index (χ2n) is 5.85. The van der Waals surface area contributed by atoms with E-state index in [0.717, 1.165) is 5.76 Å². The molecule has 0 atom stereocenters. The van der Waals surface area contributed by atoms with Gasteiger partial charge in [-0.25, -0.2) is 9.18 Å². The van der Waals surface area contributed by atoms with E-state index in [9.17, 15) is 14.0 Å². The molecule has 0 saturated heterocycles. The topological polar surface area (TPSA) is 68.5 Å². The number of carbonyl (C=O) groups excluding carboxylic acids is 2. The van der Waals surface area contributed by atoms with Crippen molar-refractivity contribution < 1.29 is 23.1 Å². The van der Waals surface area contributed by atoms with Gasteiger partial charge >= 0.3 is 5.97 Å². The Balaban J connectivity index is 1.87. The molecule has 28 heavy (non-hydrogen) atoms. The van der Waals surface area contributed by atoms with E-state index in [-0.39, 0.29) is 18.0 Å². The summed E-state index contributed by atoms with van der Waals surface area (Å²) in [5, 5.41) is 4.80. The van der Waals surface area contributed by atoms with E-state index in [1.807, 2.05) is 6.92 Å². The van der Waals surface area contributed by atoms with Gasteiger partial charge in [0, 0.05) is 17.0 Å². The molecule has 0 bridgehead atoms. The smallest absolute Gasteiger partial charge is 0.341 e. The molecule has 144 valence electrons. The summed E-state index contributed by atoms with van der Waals surface area (Å²) < 4.78 is 23.7. The summed E-state index contributed by atoms with van der Waals surface area (Å²) in [7, 11) is 0. The van der Waals surface area contributed by atoms with E-state index in [1.54, 1.807) is 42.6 Å². The molecule has 0 aliphatic rings. The van der Waals surface area contributed by atoms with E-state index in [2.05, 4.69) is 5.32 Å². The number of hydrogen-bond acceptors (Lipinski definition) is 5. The van der Waals surface area contributed by atoms with Gasteiger partial charge in [-0.3, -0.25) is 4.79 Å². The summed E-state index contributed by atoms with van der Waals surface area (Å²) in [5.41, 5.74) is 1.47. The third-order valence-corrected chi connectivity index (χ3v) is 4.72. The summed E-state index contributed by atoms with van der Waals surface area (Å²) in [6, 6.07) is 9.32. The maximum Gasteiger partial charge on any atom is 0.341 e. The first-order chi connectivity index (χ1) is 13.5. The van der Waals surface area contributed by atoms with E-state index in [4.69, 9.17) is 9.15 Å². The number of amides is 1. The standard InChI is InChI=1S/C21H18FNO4S/c1-3-26-21(25)19-17(14-5-7-15(22)8-6-14)12-28-20(19)23-18(24)11-10-16-9-4-13(2)27-16/h4-12H,3H2,1-2H3,(H,23,24)/b11-10+. The lowest BCUT2D eigenvalue weighted by Gasteiger charge is -2.08. The van der Waals surface area contributed by atoms with Gasteiger partial charge < -0.3 is 14.5 Å². The number of halogens is 1. The number of esters is 1. The second kappa shape index (κ2) is 8.67. The minimum absolute atomic E-state index is 0.197. The number of anilines is 1. The van der Waals surface area contributed by atoms with Crippen LogP contribution in [0, 0.1) is 12.7 Å². The van der Waals surface area contributed by atoms with E-state index in [1.165, 1.54) is 29.5 Å². The molecule has 0 spiro atoms. The van der Waals surface area contributed by atoms with Crippen LogP contribution in [-0.2, 0) is 9.53 Å². The number of rotatable bonds is 6. The van der Waals surface area contributed by atoms with Crippen LogP contribution in [0.25, 0.3) is 17.2 Å². The van der Waals surface area contributed by atoms with Crippen LogP contribution in [0.3, 0.4) is 0 Å². The van der Waals surface area contributed by atoms with E-state index in [0.29, 0.717) is 21.9 Å². The Kier molecular flexibility index (Phi) is 6.06. The van der Waals surface area contributed by atoms with E-state index >= 15 is 0 Å². The molecule has 7 heteroatoms. The zero-order valence-corrected chi connectivity index (χ0v) is 16.1. The Hall–Kier alpha value is -3.19. The Labute approximate surface area is 165 Å². The summed E-state index contributed by atoms with van der Waals surface area (Å²) in [5.74, 6) is -0.0390. The Morgan fingerprint density at radius 2 is 1.96 bits per heavy atom. The Bertz CT molecular complexity index is 1020. The van der Waals surface area contributed by atoms with Gasteiger partial charge in [0.2, 0.25) is 5.91 Å². The molecule has 0 aliphatic heterocycles. The van der Waals surface area contributed by atoms with Crippen LogP contribution in [-0.4, -0.2) is 18.5 Å². The van der Waals surface area contributed by atoms with Crippen molar-refractivity contribution in [3.05, 3.63) is 70.8 Å². The summed E-state index contributed by atoms with van der Waals surface area (Å²) in [4.78, 5) is 24.8. The number of nitrogens with one attached hydrogen (secondary N) is 1. The van der Waals surface area contributed by atoms with Crippen LogP contribution in [0.1, 0.15) is 28.8 Å². The van der Waals surface area contributed by atoms with Gasteiger partial charge in [-0.1, -0.05) is 12.1 Å². The van der Waals surface area contributed by atoms with Gasteiger partial charge in [-0.2, -0.15) is 0 Å². The predicted molar refractivity (Wildman–Crippen MR) is 107 cm³/mol. The zero-order chi connectivity index (χ0) is 20.1. The van der Waals surface area contributed by atoms with Crippen LogP contribution in [0.15, 0.2) is 52.3 Å². The van der Waals surface area contributed by atoms with Crippen LogP contribution in [0.2, 0.25) is 0 Å². The minimum Gasteiger partial charge on any atom is -0.462 e. The Morgan fingerprint density at radius 1 is 1.21 bits per heavy atom. The molecule has 0 aliphatic carbocycles. The number of furan rings is 1. The first-order valence-corrected chi connectivity index (χ1v) is 9.46. The van der Waals surface area contributed by atoms with Gasteiger partial charge in [0.05, 0.1) is 6.61 Å². The first-order valence-electron chi connectivity index (χ1n) is 8.58. The average Bonchev–Trinajstić information content (AvgIpc) is 3.27. The fraction of sp³-hybridized carbons (Fsp3) is 0.143. The van der Waals surface area contributed by atoms with Gasteiger partial charge in [-0.15, -0.1) is 11.3 Å². The largest absolute Gasteiger partial charge is 0.462 e. The highest BCUT2D eigenvalue weighted by atomic mass is 32.1. The zero-order valence-electron chi connectivity index (χ0n) is 15.3. The van der Waals surface area contributed by atoms with Crippen molar-refractivity contribution in [2.24, 2.45) is 0 Å². The quantitative estimate of drug-likeness (QED) is 0.452. The van der Waals surface area contributed by atoms with Gasteiger partial charge in [0.1, 0.15) is 27.9 Å². The number of benzene rings is 1. The fourth-order valence-corrected chi connectivity index (χ4v) is 3.51. The molecule has 1 N–H and O–H groups in total. The molecule has 2 heterocycles. The number of aryl methyl sites for hydroxylation is 1. The highest BCUT2D eigenvalue weighted by Crippen LogP contribution is 2.36. The van der Waals surface area contributed by atoms with Gasteiger partial charge in [-0.05, 0) is 49.8 Å². The van der Waals surface area contributed by atoms with Crippen molar-refractivity contribution in [2.45, 2.75) is 13.8 Å². The van der Waals surface area contributed by atoms with Crippen molar-refractivity contribution in [3.8, 4) is 11.1 Å². The molecule has 1 aromatic carbocycles. The number of hydrogen-bond donors (Lipinski definition) is 1. The lowest BCUT2D eigenvalue weighted by molar-refractivity contribution is -0.111. The molecule has 0 fully saturated rings. The highest BCUT2D eigenvalue weighted by molar-refractivity contribution is 7.15. The van der Waals surface area contributed by atoms with Crippen molar-refractivity contribution in [1.29, 1.82) is 0 Å². The number of carbonyl (C=O) groups is 2. The monoisotopic (exact) mass is 399 g/mol. The molecule has 3 aromatic rings. The molecule has 0 saturated carbocycles. The highest BCUT2D eigenvalue weighted by Gasteiger charge is 2.22. The predicted octanol–water partition coefficient (Wildman–Crippen LogP) is 5.28. The lowest BCUT2D eigenvalue weighted by Crippen LogP contribution is -2.12. The lowest BCUT2D eigenvalue weighted by atomic mass is 10.0. The minimum atomic E-state index is -0.552. The molecular weight excluding hydrogens is 381 g/mol. The van der Waals surface area contributed by atoms with Crippen molar-refractivity contribution in [1.82, 2.24) is 0 Å². The molecule has 1 amide bonds. The van der Waals surface area contributed by atoms with Crippen LogP contribution < -0.4 is 5.32 Å². The van der Waals surface area contributed by atoms with Crippen LogP contribution in [0.5, 0.6) is 0 Å². The molecule has 2 aromatic heterocycles. The number of thiophene rings is 1. The van der Waals surface area contributed by atoms with Crippen LogP contribution >= 0.6 is 11.3 Å². The fourth-order valence-electron chi connectivity index (χ4n) is 2.55. The Morgan fingerprint density at radius 3 is 2.61 bits per heavy atom. The van der Waals surface area contributed by atoms with Crippen LogP contribution in [0.4, 0.5) is 9.39 Å². The van der Waals surface area contributed by atoms with Crippen molar-refractivity contribution >= 4 is 34.3 Å². The maximum absolute atomic E-state index is 13.2. The summed E-state index contributed by atoms with van der Waals surface area (Å²) in [6.07, 6.45) is 2.87. The van der Waals surface area contributed by atoms with Crippen molar-refractivity contribution in [3.63, 3.8) is 0 Å². The molecular formula is C21H18FNO4S. The molecule has 5 nitrogen and oxygen atoms in total. The van der Waals surface area contributed by atoms with Gasteiger partial charge in [0.25, 0.3) is 0 Å². The summed E-state index contributed by atoms with van der Waals surface area (Å²) >= 11 is 1.20. The van der Waals surface area contributed by atoms with Crippen molar-refractivity contribution in [2.75, 3.05) is 11.9 Å². The SMILES string of the molecule is CCOC(=O)c1c(-c2ccc(F)cc2)csc1NC(=O)/C=C/c1ccc(C)o1. The molecule has 3 rings (SSSR count). The third kappa shape index (κ3) is 4.55. The normalized spacial score (nSPS) is 11.0. The third-order valence-electron chi connectivity index (χ3n) is 3.82. The second-order valence-corrected chi connectivity index (χ2v) is 6.73. The summed E-state index contributed by atoms with van der Waals surface area (Å²) in [6.45, 7) is 3.71. The van der Waals surface area contributed by atoms with E-state index < -0.39 is 11.9 Å². The first kappa shape index (κ1) is 19.6. The number of ether oxygens (including phenoxy) is 1. The molecule has 0 radical (unpaired) electrons. The maximum atomic E-state index is 13.2. The molecule has 0 unspecified atom stereocenters.